The summed E-state index contributed by atoms with van der Waals surface area (Å²) in [5, 5.41) is 0. The topological polar surface area (TPSA) is 23.6 Å². The molecule has 0 radical (unpaired) electrons. The van der Waals surface area contributed by atoms with E-state index in [4.69, 9.17) is 0 Å². The quantitative estimate of drug-likeness (QED) is 0.744. The Hall–Kier alpha value is -1.77. The maximum Gasteiger partial charge on any atom is 0.246 e. The van der Waals surface area contributed by atoms with Gasteiger partial charge in [0.2, 0.25) is 5.91 Å². The van der Waals surface area contributed by atoms with Crippen LogP contribution in [0, 0.1) is 13.8 Å². The smallest absolute Gasteiger partial charge is 0.246 e. The van der Waals surface area contributed by atoms with Crippen molar-refractivity contribution in [1.29, 1.82) is 0 Å². The lowest BCUT2D eigenvalue weighted by Gasteiger charge is -2.36. The van der Waals surface area contributed by atoms with Crippen LogP contribution in [0.1, 0.15) is 11.1 Å². The lowest BCUT2D eigenvalue weighted by atomic mass is 10.1. The molecule has 1 aromatic carbocycles. The summed E-state index contributed by atoms with van der Waals surface area (Å²) in [6.07, 6.45) is 1.40. The van der Waals surface area contributed by atoms with Gasteiger partial charge in [0, 0.05) is 31.9 Å². The Balaban J connectivity index is 2.07. The first-order valence-corrected chi connectivity index (χ1v) is 6.35. The number of carbonyl (C=O) groups excluding carboxylic acids is 1. The molecular formula is C15H20N2O. The lowest BCUT2D eigenvalue weighted by molar-refractivity contribution is -0.126. The molecule has 0 unspecified atom stereocenters. The van der Waals surface area contributed by atoms with Crippen molar-refractivity contribution in [2.45, 2.75) is 13.8 Å². The normalized spacial score (nSPS) is 15.7. The number of rotatable bonds is 2. The summed E-state index contributed by atoms with van der Waals surface area (Å²) in [6, 6.07) is 6.52. The molecule has 0 spiro atoms. The average Bonchev–Trinajstić information content (AvgIpc) is 2.41. The predicted octanol–water partition coefficient (Wildman–Crippen LogP) is 2.14. The van der Waals surface area contributed by atoms with Gasteiger partial charge < -0.3 is 9.80 Å². The van der Waals surface area contributed by atoms with Crippen molar-refractivity contribution in [3.8, 4) is 0 Å². The highest BCUT2D eigenvalue weighted by molar-refractivity contribution is 5.87. The maximum atomic E-state index is 11.5. The van der Waals surface area contributed by atoms with Gasteiger partial charge in [-0.1, -0.05) is 18.7 Å². The molecule has 1 aliphatic rings. The van der Waals surface area contributed by atoms with E-state index in [1.54, 1.807) is 0 Å². The van der Waals surface area contributed by atoms with Crippen molar-refractivity contribution in [2.24, 2.45) is 0 Å². The van der Waals surface area contributed by atoms with Crippen LogP contribution < -0.4 is 4.90 Å². The van der Waals surface area contributed by atoms with Crippen LogP contribution in [-0.4, -0.2) is 37.0 Å². The number of amides is 1. The van der Waals surface area contributed by atoms with Gasteiger partial charge in [0.15, 0.2) is 0 Å². The number of piperazine rings is 1. The summed E-state index contributed by atoms with van der Waals surface area (Å²) in [4.78, 5) is 15.7. The number of benzene rings is 1. The summed E-state index contributed by atoms with van der Waals surface area (Å²) < 4.78 is 0. The van der Waals surface area contributed by atoms with E-state index in [1.165, 1.54) is 22.9 Å². The lowest BCUT2D eigenvalue weighted by Crippen LogP contribution is -2.48. The number of hydrogen-bond acceptors (Lipinski definition) is 2. The zero-order chi connectivity index (χ0) is 13.1. The zero-order valence-corrected chi connectivity index (χ0v) is 11.1. The van der Waals surface area contributed by atoms with E-state index in [0.717, 1.165) is 26.2 Å². The summed E-state index contributed by atoms with van der Waals surface area (Å²) in [5.74, 6) is 0.0376. The van der Waals surface area contributed by atoms with Crippen LogP contribution in [0.2, 0.25) is 0 Å². The number of anilines is 1. The van der Waals surface area contributed by atoms with E-state index < -0.39 is 0 Å². The Morgan fingerprint density at radius 2 is 1.89 bits per heavy atom. The molecule has 1 saturated heterocycles. The first-order chi connectivity index (χ1) is 8.61. The maximum absolute atomic E-state index is 11.5. The molecule has 0 N–H and O–H groups in total. The van der Waals surface area contributed by atoms with Crippen LogP contribution in [-0.2, 0) is 4.79 Å². The van der Waals surface area contributed by atoms with Gasteiger partial charge in [0.25, 0.3) is 0 Å². The van der Waals surface area contributed by atoms with Crippen molar-refractivity contribution in [3.05, 3.63) is 42.0 Å². The monoisotopic (exact) mass is 244 g/mol. The van der Waals surface area contributed by atoms with E-state index in [0.29, 0.717) is 0 Å². The van der Waals surface area contributed by atoms with Crippen molar-refractivity contribution in [2.75, 3.05) is 31.1 Å². The molecule has 2 rings (SSSR count). The van der Waals surface area contributed by atoms with Gasteiger partial charge in [0.1, 0.15) is 0 Å². The van der Waals surface area contributed by atoms with E-state index >= 15 is 0 Å². The SMILES string of the molecule is C=CC(=O)N1CCN(c2cc(C)ccc2C)CC1. The molecular weight excluding hydrogens is 224 g/mol. The minimum Gasteiger partial charge on any atom is -0.368 e. The molecule has 1 aliphatic heterocycles. The van der Waals surface area contributed by atoms with Crippen LogP contribution in [0.3, 0.4) is 0 Å². The van der Waals surface area contributed by atoms with Crippen LogP contribution >= 0.6 is 0 Å². The second-order valence-corrected chi connectivity index (χ2v) is 4.81. The van der Waals surface area contributed by atoms with Gasteiger partial charge in [-0.2, -0.15) is 0 Å². The summed E-state index contributed by atoms with van der Waals surface area (Å²) in [6.45, 7) is 11.1. The van der Waals surface area contributed by atoms with Gasteiger partial charge in [-0.15, -0.1) is 0 Å². The highest BCUT2D eigenvalue weighted by Crippen LogP contribution is 2.22. The molecule has 1 amide bonds. The molecule has 96 valence electrons. The largest absolute Gasteiger partial charge is 0.368 e. The van der Waals surface area contributed by atoms with Crippen LogP contribution in [0.15, 0.2) is 30.9 Å². The fourth-order valence-electron chi connectivity index (χ4n) is 2.36. The molecule has 0 aliphatic carbocycles. The first kappa shape index (κ1) is 12.7. The van der Waals surface area contributed by atoms with Gasteiger partial charge in [-0.25, -0.2) is 0 Å². The first-order valence-electron chi connectivity index (χ1n) is 6.35. The van der Waals surface area contributed by atoms with Gasteiger partial charge >= 0.3 is 0 Å². The second kappa shape index (κ2) is 5.25. The summed E-state index contributed by atoms with van der Waals surface area (Å²) >= 11 is 0. The molecule has 3 heteroatoms. The van der Waals surface area contributed by atoms with Gasteiger partial charge in [-0.05, 0) is 37.1 Å². The Kier molecular flexibility index (Phi) is 3.70. The Labute approximate surface area is 109 Å². The molecule has 1 fully saturated rings. The summed E-state index contributed by atoms with van der Waals surface area (Å²) in [5.41, 5.74) is 3.87. The third-order valence-electron chi connectivity index (χ3n) is 3.47. The van der Waals surface area contributed by atoms with Crippen LogP contribution in [0.25, 0.3) is 0 Å². The molecule has 0 saturated carbocycles. The molecule has 3 nitrogen and oxygen atoms in total. The molecule has 0 atom stereocenters. The second-order valence-electron chi connectivity index (χ2n) is 4.81. The number of aryl methyl sites for hydroxylation is 2. The van der Waals surface area contributed by atoms with Gasteiger partial charge in [-0.3, -0.25) is 4.79 Å². The van der Waals surface area contributed by atoms with Crippen molar-refractivity contribution in [3.63, 3.8) is 0 Å². The molecule has 0 aromatic heterocycles. The summed E-state index contributed by atoms with van der Waals surface area (Å²) in [7, 11) is 0. The molecule has 0 bridgehead atoms. The minimum atomic E-state index is 0.0376. The Morgan fingerprint density at radius 1 is 1.22 bits per heavy atom. The van der Waals surface area contributed by atoms with Crippen molar-refractivity contribution >= 4 is 11.6 Å². The van der Waals surface area contributed by atoms with Crippen LogP contribution in [0.4, 0.5) is 5.69 Å². The van der Waals surface area contributed by atoms with Crippen molar-refractivity contribution < 1.29 is 4.79 Å². The number of carbonyl (C=O) groups is 1. The van der Waals surface area contributed by atoms with Crippen LogP contribution in [0.5, 0.6) is 0 Å². The zero-order valence-electron chi connectivity index (χ0n) is 11.1. The van der Waals surface area contributed by atoms with Crippen molar-refractivity contribution in [1.82, 2.24) is 4.90 Å². The number of hydrogen-bond donors (Lipinski definition) is 0. The molecule has 18 heavy (non-hydrogen) atoms. The fourth-order valence-corrected chi connectivity index (χ4v) is 2.36. The minimum absolute atomic E-state index is 0.0376. The van der Waals surface area contributed by atoms with E-state index in [2.05, 4.69) is 43.5 Å². The third kappa shape index (κ3) is 2.55. The van der Waals surface area contributed by atoms with Gasteiger partial charge in [0.05, 0.1) is 0 Å². The average molecular weight is 244 g/mol. The highest BCUT2D eigenvalue weighted by Gasteiger charge is 2.20. The number of nitrogens with zero attached hydrogens (tertiary/aromatic N) is 2. The van der Waals surface area contributed by atoms with E-state index in [9.17, 15) is 4.79 Å². The predicted molar refractivity (Wildman–Crippen MR) is 74.9 cm³/mol. The highest BCUT2D eigenvalue weighted by atomic mass is 16.2. The molecule has 1 heterocycles. The van der Waals surface area contributed by atoms with E-state index in [-0.39, 0.29) is 5.91 Å². The fraction of sp³-hybridized carbons (Fsp3) is 0.400. The third-order valence-corrected chi connectivity index (χ3v) is 3.47. The standard InChI is InChI=1S/C15H20N2O/c1-4-15(18)17-9-7-16(8-10-17)14-11-12(2)5-6-13(14)3/h4-6,11H,1,7-10H2,2-3H3. The Morgan fingerprint density at radius 3 is 2.50 bits per heavy atom. The Bertz CT molecular complexity index is 460. The van der Waals surface area contributed by atoms with E-state index in [1.807, 2.05) is 4.90 Å². The molecule has 1 aromatic rings.